The summed E-state index contributed by atoms with van der Waals surface area (Å²) in [6.45, 7) is 1.02. The summed E-state index contributed by atoms with van der Waals surface area (Å²) in [5, 5.41) is 23.3. The van der Waals surface area contributed by atoms with Crippen molar-refractivity contribution in [2.45, 2.75) is 37.8 Å². The third-order valence-electron chi connectivity index (χ3n) is 5.15. The number of ether oxygens (including phenoxy) is 2. The third-order valence-corrected chi connectivity index (χ3v) is 5.15. The zero-order chi connectivity index (χ0) is 21.8. The molecule has 30 heavy (non-hydrogen) atoms. The minimum Gasteiger partial charge on any atom is -0.481 e. The zero-order valence-corrected chi connectivity index (χ0v) is 16.4. The van der Waals surface area contributed by atoms with E-state index in [-0.39, 0.29) is 12.5 Å². The Morgan fingerprint density at radius 3 is 2.27 bits per heavy atom. The van der Waals surface area contributed by atoms with Crippen LogP contribution in [0.3, 0.4) is 0 Å². The lowest BCUT2D eigenvalue weighted by atomic mass is 9.86. The summed E-state index contributed by atoms with van der Waals surface area (Å²) in [6.07, 6.45) is -3.26. The summed E-state index contributed by atoms with van der Waals surface area (Å²) in [4.78, 5) is 7.85. The van der Waals surface area contributed by atoms with E-state index in [2.05, 4.69) is 15.3 Å². The van der Waals surface area contributed by atoms with Crippen molar-refractivity contribution in [1.82, 2.24) is 15.3 Å². The number of nitrogens with zero attached hydrogens (tertiary/aromatic N) is 2. The molecule has 0 aliphatic heterocycles. The van der Waals surface area contributed by atoms with Crippen LogP contribution in [0.4, 0.5) is 13.2 Å². The molecule has 2 aromatic rings. The molecular formula is C20H24F3N3O4. The van der Waals surface area contributed by atoms with E-state index in [0.717, 1.165) is 23.9 Å². The molecule has 10 heteroatoms. The average Bonchev–Trinajstić information content (AvgIpc) is 3.00. The summed E-state index contributed by atoms with van der Waals surface area (Å²) in [6, 6.07) is 5.68. The largest absolute Gasteiger partial charge is 0.481 e. The van der Waals surface area contributed by atoms with Crippen LogP contribution in [-0.2, 0) is 12.7 Å². The number of hydrogen-bond donors (Lipinski definition) is 3. The van der Waals surface area contributed by atoms with Gasteiger partial charge in [-0.25, -0.2) is 9.97 Å². The zero-order valence-electron chi connectivity index (χ0n) is 16.4. The molecule has 1 fully saturated rings. The Kier molecular flexibility index (Phi) is 6.79. The van der Waals surface area contributed by atoms with E-state index >= 15 is 0 Å². The summed E-state index contributed by atoms with van der Waals surface area (Å²) < 4.78 is 48.6. The van der Waals surface area contributed by atoms with Crippen LogP contribution in [0.15, 0.2) is 36.7 Å². The van der Waals surface area contributed by atoms with Gasteiger partial charge in [-0.3, -0.25) is 0 Å². The van der Waals surface area contributed by atoms with Crippen molar-refractivity contribution in [2.24, 2.45) is 5.41 Å². The molecule has 0 radical (unpaired) electrons. The molecule has 3 rings (SSSR count). The van der Waals surface area contributed by atoms with Gasteiger partial charge in [-0.2, -0.15) is 13.2 Å². The van der Waals surface area contributed by atoms with Crippen molar-refractivity contribution < 1.29 is 32.9 Å². The molecule has 0 spiro atoms. The molecule has 1 aliphatic rings. The topological polar surface area (TPSA) is 96.7 Å². The van der Waals surface area contributed by atoms with E-state index in [4.69, 9.17) is 9.47 Å². The van der Waals surface area contributed by atoms with Crippen molar-refractivity contribution in [3.63, 3.8) is 0 Å². The summed E-state index contributed by atoms with van der Waals surface area (Å²) in [5.41, 5.74) is -0.523. The van der Waals surface area contributed by atoms with Gasteiger partial charge in [0.2, 0.25) is 11.8 Å². The second-order valence-corrected chi connectivity index (χ2v) is 7.53. The lowest BCUT2D eigenvalue weighted by Gasteiger charge is -2.29. The van der Waals surface area contributed by atoms with Crippen LogP contribution in [0.1, 0.15) is 24.0 Å². The van der Waals surface area contributed by atoms with Crippen molar-refractivity contribution in [2.75, 3.05) is 20.3 Å². The number of pyridine rings is 2. The number of hydrogen-bond acceptors (Lipinski definition) is 7. The summed E-state index contributed by atoms with van der Waals surface area (Å²) in [5.74, 6) is 0.562. The molecule has 0 bridgehead atoms. The van der Waals surface area contributed by atoms with Crippen LogP contribution < -0.4 is 14.8 Å². The molecule has 2 heterocycles. The highest BCUT2D eigenvalue weighted by Crippen LogP contribution is 2.39. The van der Waals surface area contributed by atoms with Gasteiger partial charge in [-0.15, -0.1) is 0 Å². The first kappa shape index (κ1) is 22.3. The van der Waals surface area contributed by atoms with E-state index in [0.29, 0.717) is 31.8 Å². The maximum absolute atomic E-state index is 12.7. The van der Waals surface area contributed by atoms with Crippen molar-refractivity contribution in [3.8, 4) is 11.8 Å². The van der Waals surface area contributed by atoms with Gasteiger partial charge in [0.15, 0.2) is 0 Å². The van der Waals surface area contributed by atoms with Gasteiger partial charge in [0, 0.05) is 43.0 Å². The predicted molar refractivity (Wildman–Crippen MR) is 101 cm³/mol. The molecule has 0 aromatic carbocycles. The molecule has 0 saturated heterocycles. The van der Waals surface area contributed by atoms with E-state index in [9.17, 15) is 23.4 Å². The maximum Gasteiger partial charge on any atom is 0.417 e. The molecule has 2 aromatic heterocycles. The van der Waals surface area contributed by atoms with Gasteiger partial charge < -0.3 is 25.0 Å². The number of halogens is 3. The Labute approximate surface area is 171 Å². The number of rotatable bonds is 8. The summed E-state index contributed by atoms with van der Waals surface area (Å²) in [7, 11) is 1.53. The van der Waals surface area contributed by atoms with Crippen LogP contribution >= 0.6 is 0 Å². The number of alkyl halides is 3. The van der Waals surface area contributed by atoms with Crippen LogP contribution in [0, 0.1) is 5.41 Å². The molecule has 1 saturated carbocycles. The van der Waals surface area contributed by atoms with Gasteiger partial charge >= 0.3 is 6.18 Å². The number of aliphatic hydroxyl groups excluding tert-OH is 2. The van der Waals surface area contributed by atoms with Gasteiger partial charge in [0.25, 0.3) is 0 Å². The van der Waals surface area contributed by atoms with Gasteiger partial charge in [0.05, 0.1) is 31.5 Å². The Bertz CT molecular complexity index is 806. The number of methoxy groups -OCH3 is 1. The lowest BCUT2D eigenvalue weighted by molar-refractivity contribution is -0.137. The second kappa shape index (κ2) is 9.15. The first-order chi connectivity index (χ1) is 14.2. The molecule has 0 amide bonds. The standard InChI is InChI=1S/C20H24F3N3O4/c1-29-17-4-2-13(9-25-17)8-24-11-19(6-15(27)16(28)7-19)12-30-18-5-3-14(10-26-18)20(21,22)23/h2-5,9-10,15-16,24,27-28H,6-8,11-12H2,1H3/t15-,16+,19?. The second-order valence-electron chi connectivity index (χ2n) is 7.53. The molecule has 3 N–H and O–H groups in total. The van der Waals surface area contributed by atoms with Gasteiger partial charge in [0.1, 0.15) is 0 Å². The molecule has 3 atom stereocenters. The normalized spacial score (nSPS) is 24.1. The van der Waals surface area contributed by atoms with E-state index in [1.807, 2.05) is 6.07 Å². The first-order valence-electron chi connectivity index (χ1n) is 9.43. The van der Waals surface area contributed by atoms with Gasteiger partial charge in [-0.1, -0.05) is 6.07 Å². The summed E-state index contributed by atoms with van der Waals surface area (Å²) >= 11 is 0. The Morgan fingerprint density at radius 1 is 1.07 bits per heavy atom. The number of aromatic nitrogens is 2. The van der Waals surface area contributed by atoms with Crippen LogP contribution in [0.25, 0.3) is 0 Å². The SMILES string of the molecule is COc1ccc(CNCC2(COc3ccc(C(F)(F)F)cn3)C[C@@H](O)[C@@H](O)C2)cn1. The fourth-order valence-corrected chi connectivity index (χ4v) is 3.52. The fraction of sp³-hybridized carbons (Fsp3) is 0.500. The van der Waals surface area contributed by atoms with Crippen LogP contribution in [0.5, 0.6) is 11.8 Å². The molecule has 1 aliphatic carbocycles. The highest BCUT2D eigenvalue weighted by molar-refractivity contribution is 5.20. The monoisotopic (exact) mass is 427 g/mol. The minimum absolute atomic E-state index is 0.0533. The Balaban J connectivity index is 1.60. The fourth-order valence-electron chi connectivity index (χ4n) is 3.52. The van der Waals surface area contributed by atoms with Crippen molar-refractivity contribution in [1.29, 1.82) is 0 Å². The van der Waals surface area contributed by atoms with Crippen LogP contribution in [0.2, 0.25) is 0 Å². The molecule has 1 unspecified atom stereocenters. The first-order valence-corrected chi connectivity index (χ1v) is 9.43. The van der Waals surface area contributed by atoms with E-state index in [1.165, 1.54) is 7.11 Å². The van der Waals surface area contributed by atoms with Crippen molar-refractivity contribution >= 4 is 0 Å². The van der Waals surface area contributed by atoms with Crippen LogP contribution in [-0.4, -0.2) is 52.7 Å². The van der Waals surface area contributed by atoms with Crippen molar-refractivity contribution in [3.05, 3.63) is 47.8 Å². The number of aliphatic hydroxyl groups is 2. The highest BCUT2D eigenvalue weighted by atomic mass is 19.4. The number of nitrogens with one attached hydrogen (secondary N) is 1. The lowest BCUT2D eigenvalue weighted by Crippen LogP contribution is -2.38. The average molecular weight is 427 g/mol. The molecular weight excluding hydrogens is 403 g/mol. The van der Waals surface area contributed by atoms with E-state index < -0.39 is 29.4 Å². The van der Waals surface area contributed by atoms with E-state index in [1.54, 1.807) is 12.3 Å². The predicted octanol–water partition coefficient (Wildman–Crippen LogP) is 2.17. The highest BCUT2D eigenvalue weighted by Gasteiger charge is 2.44. The third kappa shape index (κ3) is 5.59. The maximum atomic E-state index is 12.7. The Hall–Kier alpha value is -2.43. The minimum atomic E-state index is -4.47. The smallest absolute Gasteiger partial charge is 0.417 e. The van der Waals surface area contributed by atoms with Gasteiger partial charge in [-0.05, 0) is 24.5 Å². The Morgan fingerprint density at radius 2 is 1.73 bits per heavy atom. The quantitative estimate of drug-likeness (QED) is 0.594. The molecule has 164 valence electrons. The molecule has 7 nitrogen and oxygen atoms in total.